The first kappa shape index (κ1) is 20.2. The zero-order valence-electron chi connectivity index (χ0n) is 15.8. The van der Waals surface area contributed by atoms with E-state index in [4.69, 9.17) is 9.47 Å². The topological polar surface area (TPSA) is 52.6 Å². The van der Waals surface area contributed by atoms with Crippen molar-refractivity contribution in [2.45, 2.75) is 67.6 Å². The van der Waals surface area contributed by atoms with Gasteiger partial charge in [-0.3, -0.25) is 9.59 Å². The summed E-state index contributed by atoms with van der Waals surface area (Å²) < 4.78 is 10.7. The van der Waals surface area contributed by atoms with Crippen molar-refractivity contribution in [3.8, 4) is 0 Å². The Morgan fingerprint density at radius 1 is 0.750 bits per heavy atom. The molecule has 0 atom stereocenters. The fraction of sp³-hybridized carbons (Fsp3) is 0.600. The molecule has 0 spiro atoms. The van der Waals surface area contributed by atoms with Crippen molar-refractivity contribution in [1.82, 2.24) is 0 Å². The molecule has 0 heterocycles. The van der Waals surface area contributed by atoms with E-state index in [1.165, 1.54) is 0 Å². The predicted molar refractivity (Wildman–Crippen MR) is 94.2 cm³/mol. The van der Waals surface area contributed by atoms with Gasteiger partial charge in [-0.1, -0.05) is 65.8 Å². The summed E-state index contributed by atoms with van der Waals surface area (Å²) in [6, 6.07) is 7.54. The van der Waals surface area contributed by atoms with Crippen molar-refractivity contribution in [2.75, 3.05) is 0 Å². The van der Waals surface area contributed by atoms with Gasteiger partial charge in [-0.05, 0) is 22.0 Å². The Labute approximate surface area is 145 Å². The largest absolute Gasteiger partial charge is 0.461 e. The minimum atomic E-state index is -0.220. The van der Waals surface area contributed by atoms with E-state index in [1.54, 1.807) is 0 Å². The molecule has 0 saturated heterocycles. The zero-order chi connectivity index (χ0) is 18.4. The second-order valence-corrected chi connectivity index (χ2v) is 8.56. The van der Waals surface area contributed by atoms with Crippen LogP contribution in [0.4, 0.5) is 0 Å². The molecule has 1 rings (SSSR count). The van der Waals surface area contributed by atoms with Crippen LogP contribution in [0.5, 0.6) is 0 Å². The molecule has 134 valence electrons. The lowest BCUT2D eigenvalue weighted by Gasteiger charge is -2.18. The third-order valence-electron chi connectivity index (χ3n) is 3.25. The molecule has 0 bridgehead atoms. The van der Waals surface area contributed by atoms with Crippen molar-refractivity contribution >= 4 is 11.9 Å². The van der Waals surface area contributed by atoms with E-state index in [1.807, 2.05) is 65.8 Å². The second kappa shape index (κ2) is 8.32. The number of carbonyl (C=O) groups excluding carboxylic acids is 2. The summed E-state index contributed by atoms with van der Waals surface area (Å²) in [5.41, 5.74) is 1.53. The van der Waals surface area contributed by atoms with Gasteiger partial charge in [0, 0.05) is 0 Å². The molecule has 0 amide bonds. The van der Waals surface area contributed by atoms with Crippen LogP contribution in [0.2, 0.25) is 0 Å². The van der Waals surface area contributed by atoms with E-state index in [9.17, 15) is 9.59 Å². The van der Waals surface area contributed by atoms with Gasteiger partial charge in [0.25, 0.3) is 0 Å². The Kier molecular flexibility index (Phi) is 7.00. The molecule has 0 aromatic heterocycles. The summed E-state index contributed by atoms with van der Waals surface area (Å²) in [4.78, 5) is 23.7. The molecule has 4 nitrogen and oxygen atoms in total. The van der Waals surface area contributed by atoms with Crippen LogP contribution in [-0.4, -0.2) is 11.9 Å². The molecule has 0 N–H and O–H groups in total. The van der Waals surface area contributed by atoms with Crippen LogP contribution in [0.15, 0.2) is 24.3 Å². The van der Waals surface area contributed by atoms with Gasteiger partial charge in [-0.15, -0.1) is 0 Å². The lowest BCUT2D eigenvalue weighted by molar-refractivity contribution is -0.148. The summed E-state index contributed by atoms with van der Waals surface area (Å²) in [5, 5.41) is 0. The number of hydrogen-bond acceptors (Lipinski definition) is 4. The van der Waals surface area contributed by atoms with Crippen molar-refractivity contribution in [3.63, 3.8) is 0 Å². The van der Waals surface area contributed by atoms with Gasteiger partial charge in [0.1, 0.15) is 13.2 Å². The quantitative estimate of drug-likeness (QED) is 0.711. The molecule has 0 aliphatic heterocycles. The van der Waals surface area contributed by atoms with Crippen molar-refractivity contribution < 1.29 is 19.1 Å². The minimum absolute atomic E-state index is 0.0981. The van der Waals surface area contributed by atoms with Crippen molar-refractivity contribution in [2.24, 2.45) is 10.8 Å². The molecule has 1 aromatic rings. The lowest BCUT2D eigenvalue weighted by Crippen LogP contribution is -2.17. The third kappa shape index (κ3) is 8.70. The van der Waals surface area contributed by atoms with Gasteiger partial charge in [0.15, 0.2) is 0 Å². The molecule has 0 saturated carbocycles. The second-order valence-electron chi connectivity index (χ2n) is 8.56. The summed E-state index contributed by atoms with van der Waals surface area (Å²) in [5.74, 6) is -0.441. The molecular formula is C20H30O4. The van der Waals surface area contributed by atoms with Crippen LogP contribution >= 0.6 is 0 Å². The van der Waals surface area contributed by atoms with Crippen molar-refractivity contribution in [1.29, 1.82) is 0 Å². The molecule has 1 aromatic carbocycles. The number of rotatable bonds is 6. The molecular weight excluding hydrogens is 304 g/mol. The number of carbonyl (C=O) groups is 2. The fourth-order valence-corrected chi connectivity index (χ4v) is 2.12. The molecule has 0 aliphatic rings. The van der Waals surface area contributed by atoms with Gasteiger partial charge in [-0.25, -0.2) is 0 Å². The van der Waals surface area contributed by atoms with Gasteiger partial charge in [0.2, 0.25) is 0 Å². The molecule has 4 heteroatoms. The van der Waals surface area contributed by atoms with Crippen LogP contribution in [0, 0.1) is 10.8 Å². The maximum atomic E-state index is 11.9. The predicted octanol–water partition coefficient (Wildman–Crippen LogP) is 4.65. The van der Waals surface area contributed by atoms with E-state index in [0.717, 1.165) is 11.1 Å². The molecule has 24 heavy (non-hydrogen) atoms. The van der Waals surface area contributed by atoms with Crippen LogP contribution in [-0.2, 0) is 32.3 Å². The summed E-state index contributed by atoms with van der Waals surface area (Å²) in [7, 11) is 0. The Morgan fingerprint density at radius 2 is 1.08 bits per heavy atom. The normalized spacial score (nSPS) is 11.9. The Morgan fingerprint density at radius 3 is 1.38 bits per heavy atom. The first-order valence-electron chi connectivity index (χ1n) is 8.34. The number of hydrogen-bond donors (Lipinski definition) is 0. The van der Waals surface area contributed by atoms with E-state index in [0.29, 0.717) is 12.8 Å². The van der Waals surface area contributed by atoms with Crippen LogP contribution < -0.4 is 0 Å². The number of benzene rings is 1. The summed E-state index contributed by atoms with van der Waals surface area (Å²) >= 11 is 0. The first-order chi connectivity index (χ1) is 11.0. The minimum Gasteiger partial charge on any atom is -0.461 e. The van der Waals surface area contributed by atoms with E-state index < -0.39 is 0 Å². The standard InChI is InChI=1S/C20H30O4/c1-19(2,3)11-17(21)23-13-15-9-7-8-10-16(15)14-24-18(22)12-20(4,5)6/h7-10H,11-14H2,1-6H3. The van der Waals surface area contributed by atoms with E-state index >= 15 is 0 Å². The Hall–Kier alpha value is -1.84. The average molecular weight is 334 g/mol. The van der Waals surface area contributed by atoms with Crippen LogP contribution in [0.3, 0.4) is 0 Å². The van der Waals surface area contributed by atoms with Gasteiger partial charge >= 0.3 is 11.9 Å². The number of ether oxygens (including phenoxy) is 2. The third-order valence-corrected chi connectivity index (χ3v) is 3.25. The van der Waals surface area contributed by atoms with E-state index in [-0.39, 0.29) is 36.0 Å². The lowest BCUT2D eigenvalue weighted by atomic mass is 9.92. The highest BCUT2D eigenvalue weighted by Crippen LogP contribution is 2.21. The fourth-order valence-electron chi connectivity index (χ4n) is 2.12. The maximum Gasteiger partial charge on any atom is 0.306 e. The highest BCUT2D eigenvalue weighted by atomic mass is 16.5. The smallest absolute Gasteiger partial charge is 0.306 e. The van der Waals surface area contributed by atoms with Crippen LogP contribution in [0.25, 0.3) is 0 Å². The van der Waals surface area contributed by atoms with Gasteiger partial charge in [-0.2, -0.15) is 0 Å². The SMILES string of the molecule is CC(C)(C)CC(=O)OCc1ccccc1COC(=O)CC(C)(C)C. The molecule has 0 aliphatic carbocycles. The Balaban J connectivity index is 2.59. The summed E-state index contributed by atoms with van der Waals surface area (Å²) in [6.07, 6.45) is 0.742. The maximum absolute atomic E-state index is 11.9. The van der Waals surface area contributed by atoms with Crippen LogP contribution in [0.1, 0.15) is 65.5 Å². The molecule has 0 unspecified atom stereocenters. The monoisotopic (exact) mass is 334 g/mol. The first-order valence-corrected chi connectivity index (χ1v) is 8.34. The molecule has 0 fully saturated rings. The number of esters is 2. The molecule has 0 radical (unpaired) electrons. The summed E-state index contributed by atoms with van der Waals surface area (Å²) in [6.45, 7) is 12.4. The van der Waals surface area contributed by atoms with Gasteiger partial charge < -0.3 is 9.47 Å². The zero-order valence-corrected chi connectivity index (χ0v) is 15.8. The van der Waals surface area contributed by atoms with Crippen molar-refractivity contribution in [3.05, 3.63) is 35.4 Å². The van der Waals surface area contributed by atoms with E-state index in [2.05, 4.69) is 0 Å². The Bertz CT molecular complexity index is 511. The van der Waals surface area contributed by atoms with Gasteiger partial charge in [0.05, 0.1) is 12.8 Å². The highest BCUT2D eigenvalue weighted by molar-refractivity contribution is 5.70. The average Bonchev–Trinajstić information content (AvgIpc) is 2.40. The highest BCUT2D eigenvalue weighted by Gasteiger charge is 2.19.